The lowest BCUT2D eigenvalue weighted by Gasteiger charge is -2.45. The molecule has 2 spiro atoms. The molecule has 0 radical (unpaired) electrons. The summed E-state index contributed by atoms with van der Waals surface area (Å²) in [6, 6.07) is 58.9. The molecule has 4 aliphatic carbocycles. The van der Waals surface area contributed by atoms with Crippen LogP contribution < -0.4 is 26.2 Å². The molecular formula is C54H45BN2. The van der Waals surface area contributed by atoms with E-state index in [0.29, 0.717) is 0 Å². The average molecular weight is 733 g/mol. The zero-order valence-electron chi connectivity index (χ0n) is 32.5. The fraction of sp³-hybridized carbons (Fsp3) is 0.222. The predicted molar refractivity (Wildman–Crippen MR) is 239 cm³/mol. The summed E-state index contributed by atoms with van der Waals surface area (Å²) in [4.78, 5) is 5.25. The topological polar surface area (TPSA) is 6.48 Å². The van der Waals surface area contributed by atoms with Crippen LogP contribution in [0.3, 0.4) is 0 Å². The van der Waals surface area contributed by atoms with Crippen molar-refractivity contribution in [3.8, 4) is 22.3 Å². The molecule has 7 aromatic carbocycles. The first kappa shape index (κ1) is 32.3. The van der Waals surface area contributed by atoms with Crippen molar-refractivity contribution in [2.45, 2.75) is 75.0 Å². The van der Waals surface area contributed by atoms with E-state index >= 15 is 0 Å². The van der Waals surface area contributed by atoms with Crippen molar-refractivity contribution in [2.24, 2.45) is 0 Å². The van der Waals surface area contributed by atoms with Crippen molar-refractivity contribution in [3.05, 3.63) is 174 Å². The Labute approximate surface area is 336 Å². The van der Waals surface area contributed by atoms with Crippen LogP contribution in [0.25, 0.3) is 22.3 Å². The molecule has 7 aromatic rings. The van der Waals surface area contributed by atoms with Crippen molar-refractivity contribution in [2.75, 3.05) is 9.80 Å². The van der Waals surface area contributed by atoms with Crippen molar-refractivity contribution in [1.29, 1.82) is 0 Å². The average Bonchev–Trinajstić information content (AvgIpc) is 3.70. The molecule has 0 N–H and O–H groups in total. The van der Waals surface area contributed by atoms with Gasteiger partial charge in [0.05, 0.1) is 0 Å². The zero-order valence-corrected chi connectivity index (χ0v) is 32.5. The van der Waals surface area contributed by atoms with Crippen molar-refractivity contribution >= 4 is 57.2 Å². The summed E-state index contributed by atoms with van der Waals surface area (Å²) in [6.07, 6.45) is 12.8. The normalized spacial score (nSPS) is 18.4. The second kappa shape index (κ2) is 11.9. The highest BCUT2D eigenvalue weighted by Gasteiger charge is 2.50. The summed E-state index contributed by atoms with van der Waals surface area (Å²) in [7, 11) is 0. The minimum Gasteiger partial charge on any atom is -0.311 e. The van der Waals surface area contributed by atoms with Crippen molar-refractivity contribution in [1.82, 2.24) is 0 Å². The Morgan fingerprint density at radius 3 is 1.75 bits per heavy atom. The Morgan fingerprint density at radius 1 is 0.386 bits per heavy atom. The zero-order chi connectivity index (χ0) is 37.3. The third kappa shape index (κ3) is 4.17. The van der Waals surface area contributed by atoms with Crippen LogP contribution in [-0.4, -0.2) is 6.71 Å². The van der Waals surface area contributed by atoms with Crippen LogP contribution in [0.1, 0.15) is 86.5 Å². The fourth-order valence-electron chi connectivity index (χ4n) is 13.0. The lowest BCUT2D eigenvalue weighted by atomic mass is 9.33. The van der Waals surface area contributed by atoms with Gasteiger partial charge in [-0.15, -0.1) is 0 Å². The molecule has 2 heterocycles. The van der Waals surface area contributed by atoms with Gasteiger partial charge in [0.2, 0.25) is 0 Å². The van der Waals surface area contributed by atoms with Gasteiger partial charge in [-0.3, -0.25) is 0 Å². The van der Waals surface area contributed by atoms with Crippen LogP contribution in [0.15, 0.2) is 152 Å². The van der Waals surface area contributed by atoms with Crippen LogP contribution in [0.4, 0.5) is 34.1 Å². The molecule has 2 aliphatic heterocycles. The van der Waals surface area contributed by atoms with E-state index in [1.54, 1.807) is 22.3 Å². The summed E-state index contributed by atoms with van der Waals surface area (Å²) >= 11 is 0. The lowest BCUT2D eigenvalue weighted by Crippen LogP contribution is -2.61. The molecule has 0 bridgehead atoms. The second-order valence-electron chi connectivity index (χ2n) is 17.7. The van der Waals surface area contributed by atoms with E-state index < -0.39 is 0 Å². The van der Waals surface area contributed by atoms with Gasteiger partial charge in [-0.25, -0.2) is 0 Å². The molecule has 2 fully saturated rings. The molecule has 2 nitrogen and oxygen atoms in total. The van der Waals surface area contributed by atoms with E-state index in [9.17, 15) is 0 Å². The van der Waals surface area contributed by atoms with E-state index in [1.807, 2.05) is 0 Å². The SMILES string of the molecule is c1ccc(N2c3ccccc3B3c4ccc5c(c4N(c4ccc6c(c4)C4(CCCCC4)c4ccccc4-6)c4cccc2c43)-c2ccccc2C52CCCCC2)cc1. The number of hydrogen-bond acceptors (Lipinski definition) is 2. The maximum Gasteiger partial charge on any atom is 0.252 e. The number of para-hydroxylation sites is 2. The van der Waals surface area contributed by atoms with Gasteiger partial charge in [-0.1, -0.05) is 148 Å². The van der Waals surface area contributed by atoms with E-state index in [0.717, 1.165) is 0 Å². The minimum absolute atomic E-state index is 0.0767. The Hall–Kier alpha value is -5.80. The maximum atomic E-state index is 2.74. The largest absolute Gasteiger partial charge is 0.311 e. The van der Waals surface area contributed by atoms with Gasteiger partial charge in [0.25, 0.3) is 6.71 Å². The molecule has 0 saturated heterocycles. The number of nitrogens with zero attached hydrogens (tertiary/aromatic N) is 2. The molecule has 13 rings (SSSR count). The third-order valence-electron chi connectivity index (χ3n) is 15.2. The van der Waals surface area contributed by atoms with Crippen LogP contribution in [0.2, 0.25) is 0 Å². The molecule has 0 aromatic heterocycles. The fourth-order valence-corrected chi connectivity index (χ4v) is 13.0. The quantitative estimate of drug-likeness (QED) is 0.163. The molecular weight excluding hydrogens is 687 g/mol. The maximum absolute atomic E-state index is 2.74. The van der Waals surface area contributed by atoms with Crippen LogP contribution in [0, 0.1) is 0 Å². The second-order valence-corrected chi connectivity index (χ2v) is 17.7. The van der Waals surface area contributed by atoms with Crippen molar-refractivity contribution < 1.29 is 0 Å². The van der Waals surface area contributed by atoms with Gasteiger partial charge in [0.1, 0.15) is 0 Å². The smallest absolute Gasteiger partial charge is 0.252 e. The molecule has 3 heteroatoms. The predicted octanol–water partition coefficient (Wildman–Crippen LogP) is 12.2. The summed E-state index contributed by atoms with van der Waals surface area (Å²) in [5.41, 5.74) is 24.1. The van der Waals surface area contributed by atoms with Gasteiger partial charge in [-0.05, 0) is 123 Å². The first-order chi connectivity index (χ1) is 28.3. The Bertz CT molecular complexity index is 2790. The van der Waals surface area contributed by atoms with Gasteiger partial charge in [0.15, 0.2) is 0 Å². The molecule has 0 unspecified atom stereocenters. The highest BCUT2D eigenvalue weighted by atomic mass is 15.2. The number of anilines is 6. The lowest BCUT2D eigenvalue weighted by molar-refractivity contribution is 0.353. The third-order valence-corrected chi connectivity index (χ3v) is 15.2. The van der Waals surface area contributed by atoms with Crippen LogP contribution in [0.5, 0.6) is 0 Å². The van der Waals surface area contributed by atoms with E-state index in [-0.39, 0.29) is 17.5 Å². The Balaban J connectivity index is 1.13. The van der Waals surface area contributed by atoms with Crippen LogP contribution in [-0.2, 0) is 10.8 Å². The number of hydrogen-bond donors (Lipinski definition) is 0. The van der Waals surface area contributed by atoms with E-state index in [1.165, 1.54) is 137 Å². The molecule has 6 aliphatic rings. The van der Waals surface area contributed by atoms with Gasteiger partial charge >= 0.3 is 0 Å². The highest BCUT2D eigenvalue weighted by Crippen LogP contribution is 2.61. The summed E-state index contributed by atoms with van der Waals surface area (Å²) in [6.45, 7) is 0.113. The van der Waals surface area contributed by atoms with Crippen molar-refractivity contribution in [3.63, 3.8) is 0 Å². The summed E-state index contributed by atoms with van der Waals surface area (Å²) in [5.74, 6) is 0. The van der Waals surface area contributed by atoms with Crippen LogP contribution >= 0.6 is 0 Å². The van der Waals surface area contributed by atoms with E-state index in [4.69, 9.17) is 0 Å². The monoisotopic (exact) mass is 732 g/mol. The summed E-state index contributed by atoms with van der Waals surface area (Å²) < 4.78 is 0. The molecule has 2 saturated carbocycles. The molecule has 274 valence electrons. The minimum atomic E-state index is 0.0767. The van der Waals surface area contributed by atoms with Gasteiger partial charge in [0, 0.05) is 50.5 Å². The Morgan fingerprint density at radius 2 is 0.982 bits per heavy atom. The first-order valence-electron chi connectivity index (χ1n) is 21.7. The number of fused-ring (bicyclic) bond motifs is 15. The van der Waals surface area contributed by atoms with Gasteiger partial charge in [-0.2, -0.15) is 0 Å². The molecule has 0 atom stereocenters. The molecule has 57 heavy (non-hydrogen) atoms. The molecule has 0 amide bonds. The Kier molecular flexibility index (Phi) is 6.73. The number of benzene rings is 7. The highest BCUT2D eigenvalue weighted by molar-refractivity contribution is 7.00. The standard InChI is InChI=1S/C54H45BN2/c1-4-17-36(18-5-1)56-47-24-11-10-23-45(47)55-46-30-29-43-50(40-20-7-9-22-42(40)53(43)31-12-2-13-32-53)52(46)57(49-26-16-25-48(56)51(49)55)37-27-28-39-38-19-6-8-21-41(38)54(44(39)35-37)33-14-3-15-34-54/h1,4-11,16-30,35H,2-3,12-15,31-34H2. The van der Waals surface area contributed by atoms with Gasteiger partial charge < -0.3 is 9.80 Å². The van der Waals surface area contributed by atoms with E-state index in [2.05, 4.69) is 161 Å². The number of rotatable bonds is 2. The summed E-state index contributed by atoms with van der Waals surface area (Å²) in [5, 5.41) is 0. The first-order valence-corrected chi connectivity index (χ1v) is 21.7.